The summed E-state index contributed by atoms with van der Waals surface area (Å²) in [7, 11) is 0. The molecule has 166 valence electrons. The highest BCUT2D eigenvalue weighted by molar-refractivity contribution is 9.10. The number of esters is 1. The Balaban J connectivity index is 1.83. The SMILES string of the molecule is CCOC(=O)COc1ccc(/C=C2\C(=O)NC(=S)N(c3ccc(CC)cc3)C2=O)cc1Br. The number of rotatable bonds is 7. The van der Waals surface area contributed by atoms with Gasteiger partial charge in [-0.15, -0.1) is 0 Å². The standard InChI is InChI=1S/C23H21BrN2O5S/c1-3-14-5-8-16(9-6-14)26-22(29)17(21(28)25-23(26)32)11-15-7-10-19(18(24)12-15)31-13-20(27)30-4-2/h5-12H,3-4,13H2,1-2H3,(H,25,28,32)/b17-11+. The summed E-state index contributed by atoms with van der Waals surface area (Å²) < 4.78 is 10.8. The van der Waals surface area contributed by atoms with Crippen LogP contribution in [0.2, 0.25) is 0 Å². The lowest BCUT2D eigenvalue weighted by Gasteiger charge is -2.29. The maximum atomic E-state index is 13.1. The topological polar surface area (TPSA) is 84.9 Å². The van der Waals surface area contributed by atoms with Crippen molar-refractivity contribution in [2.75, 3.05) is 18.1 Å². The largest absolute Gasteiger partial charge is 0.481 e. The van der Waals surface area contributed by atoms with Gasteiger partial charge in [0.25, 0.3) is 11.8 Å². The second kappa shape index (κ2) is 10.5. The van der Waals surface area contributed by atoms with Gasteiger partial charge in [0.1, 0.15) is 11.3 Å². The van der Waals surface area contributed by atoms with E-state index in [9.17, 15) is 14.4 Å². The van der Waals surface area contributed by atoms with Crippen molar-refractivity contribution in [2.24, 2.45) is 0 Å². The number of hydrogen-bond acceptors (Lipinski definition) is 6. The van der Waals surface area contributed by atoms with Crippen LogP contribution < -0.4 is 15.0 Å². The first-order valence-corrected chi connectivity index (χ1v) is 11.1. The Morgan fingerprint density at radius 2 is 1.88 bits per heavy atom. The van der Waals surface area contributed by atoms with Crippen LogP contribution in [0.1, 0.15) is 25.0 Å². The molecule has 0 radical (unpaired) electrons. The van der Waals surface area contributed by atoms with E-state index in [-0.39, 0.29) is 23.9 Å². The van der Waals surface area contributed by atoms with E-state index in [0.29, 0.717) is 21.5 Å². The van der Waals surface area contributed by atoms with Gasteiger partial charge in [-0.25, -0.2) is 4.79 Å². The number of carbonyl (C=O) groups excluding carboxylic acids is 3. The molecule has 2 aromatic carbocycles. The predicted octanol–water partition coefficient (Wildman–Crippen LogP) is 3.78. The molecule has 0 aromatic heterocycles. The Hall–Kier alpha value is -3.04. The van der Waals surface area contributed by atoms with Crippen molar-refractivity contribution in [1.29, 1.82) is 0 Å². The zero-order chi connectivity index (χ0) is 23.3. The second-order valence-corrected chi connectivity index (χ2v) is 8.00. The quantitative estimate of drug-likeness (QED) is 0.261. The third kappa shape index (κ3) is 5.41. The van der Waals surface area contributed by atoms with Crippen molar-refractivity contribution in [1.82, 2.24) is 5.32 Å². The minimum atomic E-state index is -0.569. The Kier molecular flexibility index (Phi) is 7.76. The number of halogens is 1. The average molecular weight is 517 g/mol. The predicted molar refractivity (Wildman–Crippen MR) is 128 cm³/mol. The van der Waals surface area contributed by atoms with Gasteiger partial charge >= 0.3 is 5.97 Å². The molecule has 9 heteroatoms. The summed E-state index contributed by atoms with van der Waals surface area (Å²) >= 11 is 8.61. The van der Waals surface area contributed by atoms with Crippen LogP contribution in [0.4, 0.5) is 5.69 Å². The van der Waals surface area contributed by atoms with Crippen LogP contribution in [0.25, 0.3) is 6.08 Å². The fraction of sp³-hybridized carbons (Fsp3) is 0.217. The molecule has 1 aliphatic heterocycles. The lowest BCUT2D eigenvalue weighted by atomic mass is 10.1. The molecule has 0 unspecified atom stereocenters. The van der Waals surface area contributed by atoms with E-state index in [2.05, 4.69) is 21.2 Å². The zero-order valence-corrected chi connectivity index (χ0v) is 19.9. The van der Waals surface area contributed by atoms with E-state index in [0.717, 1.165) is 12.0 Å². The fourth-order valence-electron chi connectivity index (χ4n) is 3.00. The zero-order valence-electron chi connectivity index (χ0n) is 17.5. The third-order valence-electron chi connectivity index (χ3n) is 4.62. The molecule has 0 bridgehead atoms. The van der Waals surface area contributed by atoms with Crippen molar-refractivity contribution >= 4 is 62.8 Å². The number of nitrogens with one attached hydrogen (secondary N) is 1. The summed E-state index contributed by atoms with van der Waals surface area (Å²) in [6.07, 6.45) is 2.35. The number of aryl methyl sites for hydroxylation is 1. The molecule has 2 aromatic rings. The number of hydrogen-bond donors (Lipinski definition) is 1. The van der Waals surface area contributed by atoms with Crippen LogP contribution in [-0.2, 0) is 25.5 Å². The molecule has 3 rings (SSSR count). The molecule has 1 heterocycles. The summed E-state index contributed by atoms with van der Waals surface area (Å²) in [6.45, 7) is 3.80. The second-order valence-electron chi connectivity index (χ2n) is 6.76. The highest BCUT2D eigenvalue weighted by Crippen LogP contribution is 2.28. The molecule has 0 saturated carbocycles. The van der Waals surface area contributed by atoms with Crippen LogP contribution in [0.15, 0.2) is 52.5 Å². The van der Waals surface area contributed by atoms with E-state index >= 15 is 0 Å². The van der Waals surface area contributed by atoms with Gasteiger partial charge in [0.15, 0.2) is 11.7 Å². The number of thiocarbonyl (C=S) groups is 1. The van der Waals surface area contributed by atoms with E-state index in [1.807, 2.05) is 19.1 Å². The summed E-state index contributed by atoms with van der Waals surface area (Å²) in [5.74, 6) is -1.13. The van der Waals surface area contributed by atoms with Gasteiger partial charge in [-0.05, 0) is 83.0 Å². The van der Waals surface area contributed by atoms with Gasteiger partial charge in [0, 0.05) is 0 Å². The lowest BCUT2D eigenvalue weighted by molar-refractivity contribution is -0.145. The van der Waals surface area contributed by atoms with Crippen LogP contribution in [0, 0.1) is 0 Å². The molecule has 0 atom stereocenters. The van der Waals surface area contributed by atoms with E-state index in [1.165, 1.54) is 11.0 Å². The van der Waals surface area contributed by atoms with Gasteiger partial charge in [-0.2, -0.15) is 0 Å². The Morgan fingerprint density at radius 3 is 2.50 bits per heavy atom. The molecule has 1 N–H and O–H groups in total. The smallest absolute Gasteiger partial charge is 0.344 e. The Labute approximate surface area is 199 Å². The molecule has 1 saturated heterocycles. The summed E-state index contributed by atoms with van der Waals surface area (Å²) in [6, 6.07) is 12.4. The van der Waals surface area contributed by atoms with Crippen LogP contribution in [-0.4, -0.2) is 36.1 Å². The first-order valence-electron chi connectivity index (χ1n) is 9.92. The molecule has 2 amide bonds. The van der Waals surface area contributed by atoms with Crippen molar-refractivity contribution in [3.63, 3.8) is 0 Å². The molecule has 0 spiro atoms. The maximum absolute atomic E-state index is 13.1. The Morgan fingerprint density at radius 1 is 1.16 bits per heavy atom. The fourth-order valence-corrected chi connectivity index (χ4v) is 3.79. The van der Waals surface area contributed by atoms with Gasteiger partial charge in [0.2, 0.25) is 0 Å². The van der Waals surface area contributed by atoms with E-state index < -0.39 is 17.8 Å². The van der Waals surface area contributed by atoms with Crippen LogP contribution in [0.5, 0.6) is 5.75 Å². The highest BCUT2D eigenvalue weighted by atomic mass is 79.9. The van der Waals surface area contributed by atoms with Crippen LogP contribution in [0.3, 0.4) is 0 Å². The number of amides is 2. The number of carbonyl (C=O) groups is 3. The molecule has 32 heavy (non-hydrogen) atoms. The maximum Gasteiger partial charge on any atom is 0.344 e. The first-order chi connectivity index (χ1) is 15.3. The first kappa shape index (κ1) is 23.6. The molecule has 0 aliphatic carbocycles. The van der Waals surface area contributed by atoms with Crippen LogP contribution >= 0.6 is 28.1 Å². The van der Waals surface area contributed by atoms with Crippen molar-refractivity contribution in [3.05, 3.63) is 63.6 Å². The third-order valence-corrected chi connectivity index (χ3v) is 5.53. The molecular weight excluding hydrogens is 496 g/mol. The molecule has 7 nitrogen and oxygen atoms in total. The summed E-state index contributed by atoms with van der Waals surface area (Å²) in [5.41, 5.74) is 2.24. The molecular formula is C23H21BrN2O5S. The highest BCUT2D eigenvalue weighted by Gasteiger charge is 2.34. The normalized spacial score (nSPS) is 15.0. The van der Waals surface area contributed by atoms with E-state index in [4.69, 9.17) is 21.7 Å². The van der Waals surface area contributed by atoms with Crippen molar-refractivity contribution in [3.8, 4) is 5.75 Å². The number of anilines is 1. The van der Waals surface area contributed by atoms with Crippen molar-refractivity contribution in [2.45, 2.75) is 20.3 Å². The van der Waals surface area contributed by atoms with Gasteiger partial charge < -0.3 is 9.47 Å². The summed E-state index contributed by atoms with van der Waals surface area (Å²) in [5, 5.41) is 2.60. The minimum Gasteiger partial charge on any atom is -0.481 e. The Bertz CT molecular complexity index is 1100. The summed E-state index contributed by atoms with van der Waals surface area (Å²) in [4.78, 5) is 38.4. The molecule has 1 aliphatic rings. The van der Waals surface area contributed by atoms with Gasteiger partial charge in [-0.3, -0.25) is 19.8 Å². The number of ether oxygens (including phenoxy) is 2. The monoisotopic (exact) mass is 516 g/mol. The van der Waals surface area contributed by atoms with E-state index in [1.54, 1.807) is 37.3 Å². The molecule has 1 fully saturated rings. The minimum absolute atomic E-state index is 0.0327. The number of nitrogens with zero attached hydrogens (tertiary/aromatic N) is 1. The lowest BCUT2D eigenvalue weighted by Crippen LogP contribution is -2.54. The van der Waals surface area contributed by atoms with Gasteiger partial charge in [0.05, 0.1) is 16.8 Å². The number of benzene rings is 2. The van der Waals surface area contributed by atoms with Gasteiger partial charge in [-0.1, -0.05) is 25.1 Å². The average Bonchev–Trinajstić information content (AvgIpc) is 2.76. The van der Waals surface area contributed by atoms with Crippen molar-refractivity contribution < 1.29 is 23.9 Å².